The van der Waals surface area contributed by atoms with Crippen molar-refractivity contribution >= 4 is 11.8 Å². The van der Waals surface area contributed by atoms with Crippen molar-refractivity contribution in [2.45, 2.75) is 19.4 Å². The van der Waals surface area contributed by atoms with Crippen LogP contribution in [0.15, 0.2) is 24.3 Å². The van der Waals surface area contributed by atoms with E-state index in [1.807, 2.05) is 36.0 Å². The van der Waals surface area contributed by atoms with E-state index >= 15 is 0 Å². The zero-order valence-corrected chi connectivity index (χ0v) is 10.1. The molecule has 1 atom stereocenters. The largest absolute Gasteiger partial charge is 0.493 e. The molecule has 0 radical (unpaired) electrons. The van der Waals surface area contributed by atoms with Crippen molar-refractivity contribution < 1.29 is 9.84 Å². The quantitative estimate of drug-likeness (QED) is 0.756. The second-order valence-corrected chi connectivity index (χ2v) is 4.39. The highest BCUT2D eigenvalue weighted by Crippen LogP contribution is 2.24. The molecule has 0 aliphatic carbocycles. The molecule has 0 heterocycles. The lowest BCUT2D eigenvalue weighted by Gasteiger charge is -2.12. The van der Waals surface area contributed by atoms with Gasteiger partial charge >= 0.3 is 0 Å². The number of aliphatic hydroxyl groups is 1. The summed E-state index contributed by atoms with van der Waals surface area (Å²) in [5, 5.41) is 9.52. The summed E-state index contributed by atoms with van der Waals surface area (Å²) in [6.45, 7) is 2.47. The molecule has 1 N–H and O–H groups in total. The molecular formula is C12H18O2S. The van der Waals surface area contributed by atoms with Crippen molar-refractivity contribution in [3.63, 3.8) is 0 Å². The molecule has 0 aliphatic rings. The van der Waals surface area contributed by atoms with Crippen LogP contribution in [0, 0.1) is 0 Å². The predicted octanol–water partition coefficient (Wildman–Crippen LogP) is 2.87. The van der Waals surface area contributed by atoms with Crippen molar-refractivity contribution in [1.29, 1.82) is 0 Å². The van der Waals surface area contributed by atoms with Gasteiger partial charge in [-0.2, -0.15) is 11.8 Å². The molecule has 1 aromatic rings. The van der Waals surface area contributed by atoms with Crippen molar-refractivity contribution in [1.82, 2.24) is 0 Å². The number of benzene rings is 1. The summed E-state index contributed by atoms with van der Waals surface area (Å²) in [6.07, 6.45) is 2.65. The highest BCUT2D eigenvalue weighted by Gasteiger charge is 2.07. The van der Waals surface area contributed by atoms with Crippen LogP contribution < -0.4 is 4.74 Å². The molecule has 0 bridgehead atoms. The van der Waals surface area contributed by atoms with Crippen molar-refractivity contribution in [2.24, 2.45) is 0 Å². The summed E-state index contributed by atoms with van der Waals surface area (Å²) in [4.78, 5) is 0. The van der Waals surface area contributed by atoms with Gasteiger partial charge in [-0.1, -0.05) is 18.2 Å². The van der Waals surface area contributed by atoms with Crippen molar-refractivity contribution in [3.8, 4) is 5.75 Å². The van der Waals surface area contributed by atoms with E-state index in [0.717, 1.165) is 23.5 Å². The Labute approximate surface area is 95.7 Å². The summed E-state index contributed by atoms with van der Waals surface area (Å²) in [5.74, 6) is 1.91. The van der Waals surface area contributed by atoms with Crippen molar-refractivity contribution in [3.05, 3.63) is 29.8 Å². The minimum absolute atomic E-state index is 0.471. The van der Waals surface area contributed by atoms with E-state index in [1.54, 1.807) is 6.92 Å². The van der Waals surface area contributed by atoms with Crippen LogP contribution in [0.5, 0.6) is 5.75 Å². The Hall–Kier alpha value is -0.670. The Morgan fingerprint density at radius 2 is 2.13 bits per heavy atom. The Kier molecular flexibility index (Phi) is 5.58. The SMILES string of the molecule is CSCCCOc1ccccc1C(C)O. The van der Waals surface area contributed by atoms with Gasteiger partial charge < -0.3 is 9.84 Å². The molecule has 0 aromatic heterocycles. The highest BCUT2D eigenvalue weighted by molar-refractivity contribution is 7.98. The van der Waals surface area contributed by atoms with Crippen LogP contribution in [-0.4, -0.2) is 23.7 Å². The Balaban J connectivity index is 2.52. The van der Waals surface area contributed by atoms with Gasteiger partial charge in [0.15, 0.2) is 0 Å². The van der Waals surface area contributed by atoms with E-state index in [0.29, 0.717) is 6.61 Å². The molecule has 1 aromatic carbocycles. The maximum Gasteiger partial charge on any atom is 0.125 e. The van der Waals surface area contributed by atoms with Gasteiger partial charge in [-0.25, -0.2) is 0 Å². The Morgan fingerprint density at radius 3 is 2.80 bits per heavy atom. The smallest absolute Gasteiger partial charge is 0.125 e. The Bertz CT molecular complexity index is 287. The van der Waals surface area contributed by atoms with E-state index < -0.39 is 6.10 Å². The summed E-state index contributed by atoms with van der Waals surface area (Å²) in [7, 11) is 0. The minimum atomic E-state index is -0.471. The maximum absolute atomic E-state index is 9.52. The van der Waals surface area contributed by atoms with E-state index in [2.05, 4.69) is 6.26 Å². The molecule has 2 nitrogen and oxygen atoms in total. The average Bonchev–Trinajstić information content (AvgIpc) is 2.25. The van der Waals surface area contributed by atoms with Crippen molar-refractivity contribution in [2.75, 3.05) is 18.6 Å². The second kappa shape index (κ2) is 6.75. The van der Waals surface area contributed by atoms with Gasteiger partial charge in [0.05, 0.1) is 12.7 Å². The number of ether oxygens (including phenoxy) is 1. The van der Waals surface area contributed by atoms with E-state index in [4.69, 9.17) is 4.74 Å². The molecular weight excluding hydrogens is 208 g/mol. The highest BCUT2D eigenvalue weighted by atomic mass is 32.2. The molecule has 0 saturated carbocycles. The minimum Gasteiger partial charge on any atom is -0.493 e. The van der Waals surface area contributed by atoms with Gasteiger partial charge in [-0.3, -0.25) is 0 Å². The summed E-state index contributed by atoms with van der Waals surface area (Å²) in [6, 6.07) is 7.64. The first kappa shape index (κ1) is 12.4. The van der Waals surface area contributed by atoms with Crippen LogP contribution in [0.2, 0.25) is 0 Å². The number of hydrogen-bond acceptors (Lipinski definition) is 3. The Morgan fingerprint density at radius 1 is 1.40 bits per heavy atom. The molecule has 0 saturated heterocycles. The molecule has 0 aliphatic heterocycles. The molecule has 0 amide bonds. The number of hydrogen-bond donors (Lipinski definition) is 1. The molecule has 3 heteroatoms. The van der Waals surface area contributed by atoms with Crippen LogP contribution in [0.3, 0.4) is 0 Å². The number of aliphatic hydroxyl groups excluding tert-OH is 1. The molecule has 1 rings (SSSR count). The van der Waals surface area contributed by atoms with Gasteiger partial charge in [-0.05, 0) is 31.4 Å². The van der Waals surface area contributed by atoms with Gasteiger partial charge in [-0.15, -0.1) is 0 Å². The van der Waals surface area contributed by atoms with E-state index in [9.17, 15) is 5.11 Å². The standard InChI is InChI=1S/C12H18O2S/c1-10(13)11-6-3-4-7-12(11)14-8-5-9-15-2/h3-4,6-7,10,13H,5,8-9H2,1-2H3. The summed E-state index contributed by atoms with van der Waals surface area (Å²) >= 11 is 1.82. The maximum atomic E-state index is 9.52. The van der Waals surface area contributed by atoms with Crippen LogP contribution >= 0.6 is 11.8 Å². The van der Waals surface area contributed by atoms with E-state index in [-0.39, 0.29) is 0 Å². The zero-order valence-electron chi connectivity index (χ0n) is 9.27. The zero-order chi connectivity index (χ0) is 11.1. The molecule has 0 fully saturated rings. The average molecular weight is 226 g/mol. The molecule has 84 valence electrons. The number of rotatable bonds is 6. The third kappa shape index (κ3) is 4.14. The molecule has 0 spiro atoms. The fourth-order valence-corrected chi connectivity index (χ4v) is 1.75. The van der Waals surface area contributed by atoms with Crippen LogP contribution in [0.1, 0.15) is 25.0 Å². The molecule has 15 heavy (non-hydrogen) atoms. The third-order valence-electron chi connectivity index (χ3n) is 2.12. The second-order valence-electron chi connectivity index (χ2n) is 3.41. The predicted molar refractivity (Wildman–Crippen MR) is 65.6 cm³/mol. The lowest BCUT2D eigenvalue weighted by Crippen LogP contribution is -2.02. The number of thioether (sulfide) groups is 1. The van der Waals surface area contributed by atoms with Gasteiger partial charge in [0.25, 0.3) is 0 Å². The van der Waals surface area contributed by atoms with Crippen LogP contribution in [-0.2, 0) is 0 Å². The topological polar surface area (TPSA) is 29.5 Å². The van der Waals surface area contributed by atoms with Crippen LogP contribution in [0.4, 0.5) is 0 Å². The summed E-state index contributed by atoms with van der Waals surface area (Å²) in [5.41, 5.74) is 0.863. The first-order valence-corrected chi connectivity index (χ1v) is 6.54. The third-order valence-corrected chi connectivity index (χ3v) is 2.82. The van der Waals surface area contributed by atoms with Crippen LogP contribution in [0.25, 0.3) is 0 Å². The lowest BCUT2D eigenvalue weighted by atomic mass is 10.1. The lowest BCUT2D eigenvalue weighted by molar-refractivity contribution is 0.191. The first-order valence-electron chi connectivity index (χ1n) is 5.14. The van der Waals surface area contributed by atoms with Gasteiger partial charge in [0.1, 0.15) is 5.75 Å². The normalized spacial score (nSPS) is 12.5. The monoisotopic (exact) mass is 226 g/mol. The van der Waals surface area contributed by atoms with Gasteiger partial charge in [0, 0.05) is 5.56 Å². The fraction of sp³-hybridized carbons (Fsp3) is 0.500. The summed E-state index contributed by atoms with van der Waals surface area (Å²) < 4.78 is 5.63. The first-order chi connectivity index (χ1) is 7.25. The number of para-hydroxylation sites is 1. The fourth-order valence-electron chi connectivity index (χ4n) is 1.34. The molecule has 1 unspecified atom stereocenters. The van der Waals surface area contributed by atoms with Gasteiger partial charge in [0.2, 0.25) is 0 Å². The van der Waals surface area contributed by atoms with E-state index in [1.165, 1.54) is 0 Å².